The van der Waals surface area contributed by atoms with Crippen molar-refractivity contribution in [2.45, 2.75) is 39.0 Å². The van der Waals surface area contributed by atoms with Crippen molar-refractivity contribution < 1.29 is 14.0 Å². The smallest absolute Gasteiger partial charge is 0.256 e. The molecule has 0 spiro atoms. The van der Waals surface area contributed by atoms with E-state index in [1.807, 2.05) is 0 Å². The molecule has 0 aromatic heterocycles. The standard InChI is InChI=1S/C23H25FN2O2/c1-15-10-16(2)12-18(11-15)17-7-9-25(14-17)23(28)20-13-19(5-6-21(20)24)26-8-3-4-22(26)27/h5-6,10-13,17H,3-4,7-9,14H2,1-2H3. The first-order chi connectivity index (χ1) is 13.4. The molecule has 2 aliphatic rings. The van der Waals surface area contributed by atoms with Crippen LogP contribution in [-0.4, -0.2) is 36.3 Å². The summed E-state index contributed by atoms with van der Waals surface area (Å²) in [4.78, 5) is 28.4. The third kappa shape index (κ3) is 3.53. The molecule has 28 heavy (non-hydrogen) atoms. The van der Waals surface area contributed by atoms with Gasteiger partial charge < -0.3 is 9.80 Å². The van der Waals surface area contributed by atoms with Gasteiger partial charge in [0, 0.05) is 37.7 Å². The van der Waals surface area contributed by atoms with Gasteiger partial charge in [-0.2, -0.15) is 0 Å². The lowest BCUT2D eigenvalue weighted by Gasteiger charge is -2.20. The van der Waals surface area contributed by atoms with Crippen LogP contribution in [0.5, 0.6) is 0 Å². The summed E-state index contributed by atoms with van der Waals surface area (Å²) in [7, 11) is 0. The molecule has 146 valence electrons. The molecular formula is C23H25FN2O2. The van der Waals surface area contributed by atoms with Gasteiger partial charge in [-0.25, -0.2) is 4.39 Å². The molecule has 2 aromatic carbocycles. The fraction of sp³-hybridized carbons (Fsp3) is 0.391. The van der Waals surface area contributed by atoms with E-state index in [1.54, 1.807) is 15.9 Å². The van der Waals surface area contributed by atoms with Gasteiger partial charge in [-0.1, -0.05) is 29.3 Å². The molecule has 1 atom stereocenters. The Hall–Kier alpha value is -2.69. The molecule has 0 radical (unpaired) electrons. The Morgan fingerprint density at radius 3 is 2.50 bits per heavy atom. The number of likely N-dealkylation sites (tertiary alicyclic amines) is 1. The van der Waals surface area contributed by atoms with E-state index in [9.17, 15) is 14.0 Å². The van der Waals surface area contributed by atoms with Gasteiger partial charge in [-0.15, -0.1) is 0 Å². The van der Waals surface area contributed by atoms with E-state index < -0.39 is 5.82 Å². The Bertz CT molecular complexity index is 920. The maximum absolute atomic E-state index is 14.4. The maximum atomic E-state index is 14.4. The quantitative estimate of drug-likeness (QED) is 0.801. The van der Waals surface area contributed by atoms with Crippen molar-refractivity contribution in [3.63, 3.8) is 0 Å². The van der Waals surface area contributed by atoms with Crippen LogP contribution in [0.4, 0.5) is 10.1 Å². The largest absolute Gasteiger partial charge is 0.338 e. The predicted molar refractivity (Wildman–Crippen MR) is 107 cm³/mol. The van der Waals surface area contributed by atoms with E-state index in [-0.39, 0.29) is 23.3 Å². The topological polar surface area (TPSA) is 40.6 Å². The van der Waals surface area contributed by atoms with Crippen molar-refractivity contribution in [2.24, 2.45) is 0 Å². The predicted octanol–water partition coefficient (Wildman–Crippen LogP) is 4.20. The van der Waals surface area contributed by atoms with Gasteiger partial charge in [0.25, 0.3) is 5.91 Å². The van der Waals surface area contributed by atoms with E-state index in [0.717, 1.165) is 12.8 Å². The number of amides is 2. The number of carbonyl (C=O) groups is 2. The van der Waals surface area contributed by atoms with Gasteiger partial charge in [0.1, 0.15) is 5.82 Å². The highest BCUT2D eigenvalue weighted by molar-refractivity contribution is 5.99. The number of halogens is 1. The highest BCUT2D eigenvalue weighted by Crippen LogP contribution is 2.31. The van der Waals surface area contributed by atoms with Crippen molar-refractivity contribution in [3.05, 3.63) is 64.5 Å². The van der Waals surface area contributed by atoms with Gasteiger partial charge in [0.15, 0.2) is 0 Å². The van der Waals surface area contributed by atoms with Crippen molar-refractivity contribution in [1.29, 1.82) is 0 Å². The number of hydrogen-bond donors (Lipinski definition) is 0. The Morgan fingerprint density at radius 2 is 1.82 bits per heavy atom. The molecule has 2 heterocycles. The molecule has 1 unspecified atom stereocenters. The minimum atomic E-state index is -0.532. The number of hydrogen-bond acceptors (Lipinski definition) is 2. The SMILES string of the molecule is Cc1cc(C)cc(C2CCN(C(=O)c3cc(N4CCCC4=O)ccc3F)C2)c1. The summed E-state index contributed by atoms with van der Waals surface area (Å²) < 4.78 is 14.4. The van der Waals surface area contributed by atoms with Crippen LogP contribution in [-0.2, 0) is 4.79 Å². The molecule has 2 fully saturated rings. The third-order valence-corrected chi connectivity index (χ3v) is 5.76. The lowest BCUT2D eigenvalue weighted by Crippen LogP contribution is -2.30. The Labute approximate surface area is 164 Å². The van der Waals surface area contributed by atoms with Crippen LogP contribution in [0.15, 0.2) is 36.4 Å². The molecule has 0 aliphatic carbocycles. The van der Waals surface area contributed by atoms with Crippen LogP contribution >= 0.6 is 0 Å². The van der Waals surface area contributed by atoms with E-state index in [4.69, 9.17) is 0 Å². The fourth-order valence-electron chi connectivity index (χ4n) is 4.40. The van der Waals surface area contributed by atoms with Crippen LogP contribution in [0.1, 0.15) is 52.2 Å². The number of carbonyl (C=O) groups excluding carboxylic acids is 2. The number of rotatable bonds is 3. The Morgan fingerprint density at radius 1 is 1.07 bits per heavy atom. The molecular weight excluding hydrogens is 355 g/mol. The first-order valence-electron chi connectivity index (χ1n) is 9.90. The fourth-order valence-corrected chi connectivity index (χ4v) is 4.40. The van der Waals surface area contributed by atoms with Crippen molar-refractivity contribution in [2.75, 3.05) is 24.5 Å². The number of nitrogens with zero attached hydrogens (tertiary/aromatic N) is 2. The van der Waals surface area contributed by atoms with Gasteiger partial charge in [-0.3, -0.25) is 9.59 Å². The molecule has 4 rings (SSSR count). The van der Waals surface area contributed by atoms with Crippen LogP contribution in [0, 0.1) is 19.7 Å². The van der Waals surface area contributed by atoms with Crippen molar-refractivity contribution in [3.8, 4) is 0 Å². The maximum Gasteiger partial charge on any atom is 0.256 e. The summed E-state index contributed by atoms with van der Waals surface area (Å²) in [5.74, 6) is -0.525. The monoisotopic (exact) mass is 380 g/mol. The number of anilines is 1. The minimum absolute atomic E-state index is 0.0288. The first kappa shape index (κ1) is 18.7. The summed E-state index contributed by atoms with van der Waals surface area (Å²) in [6.45, 7) is 5.98. The van der Waals surface area contributed by atoms with E-state index >= 15 is 0 Å². The summed E-state index contributed by atoms with van der Waals surface area (Å²) >= 11 is 0. The van der Waals surface area contributed by atoms with Crippen LogP contribution < -0.4 is 4.90 Å². The van der Waals surface area contributed by atoms with Gasteiger partial charge in [0.2, 0.25) is 5.91 Å². The van der Waals surface area contributed by atoms with E-state index in [1.165, 1.54) is 28.8 Å². The van der Waals surface area contributed by atoms with Crippen molar-refractivity contribution in [1.82, 2.24) is 4.90 Å². The third-order valence-electron chi connectivity index (χ3n) is 5.76. The summed E-state index contributed by atoms with van der Waals surface area (Å²) in [5.41, 5.74) is 4.34. The van der Waals surface area contributed by atoms with E-state index in [2.05, 4.69) is 32.0 Å². The zero-order valence-corrected chi connectivity index (χ0v) is 16.4. The summed E-state index contributed by atoms with van der Waals surface area (Å²) in [6.07, 6.45) is 2.17. The average molecular weight is 380 g/mol. The molecule has 0 saturated carbocycles. The van der Waals surface area contributed by atoms with Crippen LogP contribution in [0.3, 0.4) is 0 Å². The lowest BCUT2D eigenvalue weighted by atomic mass is 9.95. The molecule has 0 bridgehead atoms. The molecule has 5 heteroatoms. The van der Waals surface area contributed by atoms with E-state index in [0.29, 0.717) is 31.7 Å². The molecule has 0 N–H and O–H groups in total. The molecule has 4 nitrogen and oxygen atoms in total. The second kappa shape index (κ2) is 7.38. The minimum Gasteiger partial charge on any atom is -0.338 e. The highest BCUT2D eigenvalue weighted by Gasteiger charge is 2.30. The molecule has 2 aliphatic heterocycles. The Balaban J connectivity index is 1.54. The zero-order chi connectivity index (χ0) is 19.8. The second-order valence-electron chi connectivity index (χ2n) is 7.97. The van der Waals surface area contributed by atoms with Crippen molar-refractivity contribution >= 4 is 17.5 Å². The number of aryl methyl sites for hydroxylation is 2. The molecule has 2 saturated heterocycles. The highest BCUT2D eigenvalue weighted by atomic mass is 19.1. The lowest BCUT2D eigenvalue weighted by molar-refractivity contribution is -0.117. The van der Waals surface area contributed by atoms with Crippen LogP contribution in [0.2, 0.25) is 0 Å². The van der Waals surface area contributed by atoms with Gasteiger partial charge >= 0.3 is 0 Å². The zero-order valence-electron chi connectivity index (χ0n) is 16.4. The Kier molecular flexibility index (Phi) is 4.92. The normalized spacial score (nSPS) is 19.5. The van der Waals surface area contributed by atoms with Crippen LogP contribution in [0.25, 0.3) is 0 Å². The molecule has 2 amide bonds. The second-order valence-corrected chi connectivity index (χ2v) is 7.97. The van der Waals surface area contributed by atoms with Gasteiger partial charge in [0.05, 0.1) is 5.56 Å². The average Bonchev–Trinajstić information content (AvgIpc) is 3.30. The summed E-state index contributed by atoms with van der Waals surface area (Å²) in [5, 5.41) is 0. The number of benzene rings is 2. The first-order valence-corrected chi connectivity index (χ1v) is 9.90. The molecule has 2 aromatic rings. The summed E-state index contributed by atoms with van der Waals surface area (Å²) in [6, 6.07) is 10.9. The van der Waals surface area contributed by atoms with Gasteiger partial charge in [-0.05, 0) is 50.5 Å².